The van der Waals surface area contributed by atoms with Gasteiger partial charge in [0.25, 0.3) is 0 Å². The molecule has 0 aliphatic carbocycles. The molecule has 2 N–H and O–H groups in total. The first kappa shape index (κ1) is 26.4. The lowest BCUT2D eigenvalue weighted by atomic mass is 9.99. The highest BCUT2D eigenvalue weighted by Crippen LogP contribution is 2.29. The Morgan fingerprint density at radius 1 is 1.24 bits per heavy atom. The zero-order valence-electron chi connectivity index (χ0n) is 19.0. The number of hydrogen-bond donors (Lipinski definition) is 2. The third kappa shape index (κ3) is 9.27. The van der Waals surface area contributed by atoms with Crippen LogP contribution in [0.4, 0.5) is 24.5 Å². The number of rotatable bonds is 10. The molecule has 2 amide bonds. The Hall–Kier alpha value is -2.85. The van der Waals surface area contributed by atoms with Gasteiger partial charge in [-0.05, 0) is 50.0 Å². The van der Waals surface area contributed by atoms with Gasteiger partial charge in [0.2, 0.25) is 12.3 Å². The molecule has 7 nitrogen and oxygen atoms in total. The Kier molecular flexibility index (Phi) is 9.93. The van der Waals surface area contributed by atoms with Gasteiger partial charge in [-0.3, -0.25) is 14.3 Å². The van der Waals surface area contributed by atoms with Gasteiger partial charge in [-0.2, -0.15) is 0 Å². The van der Waals surface area contributed by atoms with Crippen molar-refractivity contribution in [2.45, 2.75) is 33.1 Å². The summed E-state index contributed by atoms with van der Waals surface area (Å²) >= 11 is 0. The second-order valence-electron chi connectivity index (χ2n) is 7.93. The van der Waals surface area contributed by atoms with Crippen LogP contribution in [0.3, 0.4) is 0 Å². The average molecular weight is 470 g/mol. The summed E-state index contributed by atoms with van der Waals surface area (Å²) in [6.45, 7) is 4.12. The van der Waals surface area contributed by atoms with Crippen molar-refractivity contribution in [3.63, 3.8) is 0 Å². The minimum Gasteiger partial charge on any atom is -0.381 e. The van der Waals surface area contributed by atoms with Crippen LogP contribution >= 0.6 is 0 Å². The first-order valence-corrected chi connectivity index (χ1v) is 10.6. The zero-order valence-corrected chi connectivity index (χ0v) is 19.0. The van der Waals surface area contributed by atoms with Crippen LogP contribution in [0.2, 0.25) is 0 Å². The Morgan fingerprint density at radius 3 is 2.55 bits per heavy atom. The molecule has 1 saturated heterocycles. The van der Waals surface area contributed by atoms with E-state index < -0.39 is 13.0 Å². The molecule has 1 aliphatic heterocycles. The monoisotopic (exact) mass is 469 g/mol. The number of ether oxygens (including phenoxy) is 2. The molecule has 33 heavy (non-hydrogen) atoms. The van der Waals surface area contributed by atoms with Gasteiger partial charge in [0.05, 0.1) is 18.0 Å². The van der Waals surface area contributed by atoms with Gasteiger partial charge in [-0.25, -0.2) is 0 Å². The molecular weight excluding hydrogens is 439 g/mol. The summed E-state index contributed by atoms with van der Waals surface area (Å²) in [5.74, 6) is -0.358. The van der Waals surface area contributed by atoms with Crippen LogP contribution in [-0.2, 0) is 19.1 Å². The quantitative estimate of drug-likeness (QED) is 0.302. The summed E-state index contributed by atoms with van der Waals surface area (Å²) in [7, 11) is 1.60. The maximum atomic E-state index is 12.7. The first-order valence-electron chi connectivity index (χ1n) is 10.6. The third-order valence-corrected chi connectivity index (χ3v) is 4.84. The zero-order chi connectivity index (χ0) is 24.4. The molecule has 10 heteroatoms. The second kappa shape index (κ2) is 12.4. The molecule has 1 heterocycles. The summed E-state index contributed by atoms with van der Waals surface area (Å²) in [6.07, 6.45) is 0.685. The average Bonchev–Trinajstić information content (AvgIpc) is 2.76. The summed E-state index contributed by atoms with van der Waals surface area (Å²) in [5, 5.41) is 5.79. The van der Waals surface area contributed by atoms with E-state index in [1.54, 1.807) is 31.4 Å². The van der Waals surface area contributed by atoms with E-state index >= 15 is 0 Å². The van der Waals surface area contributed by atoms with Crippen LogP contribution in [0.5, 0.6) is 0 Å². The lowest BCUT2D eigenvalue weighted by molar-refractivity contribution is -0.322. The lowest BCUT2D eigenvalue weighted by Crippen LogP contribution is -2.29. The Bertz CT molecular complexity index is 874. The highest BCUT2D eigenvalue weighted by Gasteiger charge is 2.28. The molecular formula is C23H30F3N3O4. The van der Waals surface area contributed by atoms with Gasteiger partial charge < -0.3 is 20.3 Å². The number of hydrogen-bond acceptors (Lipinski definition) is 5. The number of allylic oxidation sites excluding steroid dienone is 3. The number of benzene rings is 1. The Labute approximate surface area is 191 Å². The fourth-order valence-electron chi connectivity index (χ4n) is 3.28. The van der Waals surface area contributed by atoms with E-state index in [9.17, 15) is 22.8 Å². The largest absolute Gasteiger partial charge is 0.522 e. The summed E-state index contributed by atoms with van der Waals surface area (Å²) < 4.78 is 46.1. The number of nitrogens with zero attached hydrogens (tertiary/aromatic N) is 1. The molecule has 1 aromatic carbocycles. The van der Waals surface area contributed by atoms with E-state index in [-0.39, 0.29) is 18.4 Å². The van der Waals surface area contributed by atoms with Crippen molar-refractivity contribution >= 4 is 29.3 Å². The van der Waals surface area contributed by atoms with Crippen molar-refractivity contribution in [3.8, 4) is 0 Å². The van der Waals surface area contributed by atoms with Gasteiger partial charge in [-0.1, -0.05) is 17.7 Å². The Balaban J connectivity index is 2.31. The van der Waals surface area contributed by atoms with E-state index in [2.05, 4.69) is 15.4 Å². The van der Waals surface area contributed by atoms with Crippen molar-refractivity contribution in [2.75, 3.05) is 44.0 Å². The summed E-state index contributed by atoms with van der Waals surface area (Å²) in [5.41, 5.74) is 3.32. The van der Waals surface area contributed by atoms with Crippen LogP contribution in [-0.4, -0.2) is 57.0 Å². The minimum atomic E-state index is -4.72. The van der Waals surface area contributed by atoms with Gasteiger partial charge in [0.15, 0.2) is 0 Å². The van der Waals surface area contributed by atoms with E-state index in [4.69, 9.17) is 4.74 Å². The number of amides is 2. The molecule has 1 fully saturated rings. The first-order chi connectivity index (χ1) is 15.6. The number of nitrogens with one attached hydrogen (secondary N) is 2. The van der Waals surface area contributed by atoms with Gasteiger partial charge in [0, 0.05) is 38.9 Å². The fourth-order valence-corrected chi connectivity index (χ4v) is 3.28. The fraction of sp³-hybridized carbons (Fsp3) is 0.478. The van der Waals surface area contributed by atoms with E-state index in [1.165, 1.54) is 4.90 Å². The normalized spacial score (nSPS) is 15.0. The topological polar surface area (TPSA) is 79.9 Å². The summed E-state index contributed by atoms with van der Waals surface area (Å²) in [6, 6.07) is 5.19. The van der Waals surface area contributed by atoms with E-state index in [0.717, 1.165) is 11.1 Å². The predicted molar refractivity (Wildman–Crippen MR) is 120 cm³/mol. The maximum absolute atomic E-state index is 12.7. The number of carbonyl (C=O) groups is 2. The van der Waals surface area contributed by atoms with Crippen molar-refractivity contribution in [2.24, 2.45) is 5.92 Å². The smallest absolute Gasteiger partial charge is 0.381 e. The van der Waals surface area contributed by atoms with Gasteiger partial charge in [0.1, 0.15) is 0 Å². The minimum absolute atomic E-state index is 0.126. The molecule has 0 unspecified atom stereocenters. The van der Waals surface area contributed by atoms with Gasteiger partial charge >= 0.3 is 6.36 Å². The van der Waals surface area contributed by atoms with Crippen molar-refractivity contribution in [1.82, 2.24) is 4.90 Å². The molecule has 182 valence electrons. The number of halogens is 3. The number of carbonyl (C=O) groups excluding carboxylic acids is 2. The van der Waals surface area contributed by atoms with Crippen molar-refractivity contribution in [1.29, 1.82) is 0 Å². The van der Waals surface area contributed by atoms with E-state index in [0.29, 0.717) is 49.4 Å². The van der Waals surface area contributed by atoms with Crippen molar-refractivity contribution < 1.29 is 32.2 Å². The molecule has 0 saturated carbocycles. The van der Waals surface area contributed by atoms with Crippen LogP contribution in [0.25, 0.3) is 5.57 Å². The highest BCUT2D eigenvalue weighted by atomic mass is 19.4. The van der Waals surface area contributed by atoms with Crippen LogP contribution in [0, 0.1) is 5.92 Å². The predicted octanol–water partition coefficient (Wildman–Crippen LogP) is 4.40. The summed E-state index contributed by atoms with van der Waals surface area (Å²) in [4.78, 5) is 25.1. The maximum Gasteiger partial charge on any atom is 0.522 e. The SMILES string of the molecule is CC(C)=C/C(=C\N(C)C=O)c1ccc(NC(=O)C2CCOCC2)c(NCCOC(F)(F)F)c1. The standard InChI is InChI=1S/C23H30F3N3O4/c1-16(2)12-19(14-29(3)15-30)18-4-5-20(28-22(31)17-6-9-32-10-7-17)21(13-18)27-8-11-33-23(24,25)26/h4-5,12-15,17,27H,6-11H2,1-3H3,(H,28,31)/b19-14+. The van der Waals surface area contributed by atoms with Crippen LogP contribution in [0.15, 0.2) is 36.0 Å². The molecule has 0 spiro atoms. The highest BCUT2D eigenvalue weighted by molar-refractivity contribution is 5.96. The molecule has 1 aromatic rings. The lowest BCUT2D eigenvalue weighted by Gasteiger charge is -2.22. The van der Waals surface area contributed by atoms with Crippen LogP contribution in [0.1, 0.15) is 32.3 Å². The molecule has 0 atom stereocenters. The van der Waals surface area contributed by atoms with Crippen LogP contribution < -0.4 is 10.6 Å². The Morgan fingerprint density at radius 2 is 1.94 bits per heavy atom. The third-order valence-electron chi connectivity index (χ3n) is 4.84. The molecule has 0 bridgehead atoms. The molecule has 2 rings (SSSR count). The van der Waals surface area contributed by atoms with E-state index in [1.807, 2.05) is 19.9 Å². The van der Waals surface area contributed by atoms with Gasteiger partial charge in [-0.15, -0.1) is 13.2 Å². The number of anilines is 2. The van der Waals surface area contributed by atoms with Crippen molar-refractivity contribution in [3.05, 3.63) is 41.6 Å². The molecule has 0 aromatic heterocycles. The second-order valence-corrected chi connectivity index (χ2v) is 7.93. The molecule has 1 aliphatic rings. The molecule has 0 radical (unpaired) electrons. The number of alkyl halides is 3.